The van der Waals surface area contributed by atoms with E-state index in [0.29, 0.717) is 4.47 Å². The van der Waals surface area contributed by atoms with E-state index in [1.54, 1.807) is 19.1 Å². The maximum atomic E-state index is 13.7. The molecule has 0 aliphatic heterocycles. The van der Waals surface area contributed by atoms with Gasteiger partial charge >= 0.3 is 0 Å². The lowest BCUT2D eigenvalue weighted by Crippen LogP contribution is -2.14. The summed E-state index contributed by atoms with van der Waals surface area (Å²) in [4.78, 5) is 22.3. The molecule has 7 heteroatoms. The maximum absolute atomic E-state index is 13.7. The highest BCUT2D eigenvalue weighted by Gasteiger charge is 2.20. The van der Waals surface area contributed by atoms with Crippen LogP contribution >= 0.6 is 15.9 Å². The standard InChI is InChI=1S/C14H10BrFN2O3/c1-8-5-9(7-10(15)6-8)14(19)17-13-11(16)3-2-4-12(13)18(20)21/h2-7H,1H3,(H,17,19). The number of benzene rings is 2. The molecule has 2 aromatic carbocycles. The Balaban J connectivity index is 2.38. The molecule has 2 rings (SSSR count). The number of rotatable bonds is 3. The highest BCUT2D eigenvalue weighted by Crippen LogP contribution is 2.27. The van der Waals surface area contributed by atoms with Crippen LogP contribution in [0.4, 0.5) is 15.8 Å². The summed E-state index contributed by atoms with van der Waals surface area (Å²) >= 11 is 3.26. The van der Waals surface area contributed by atoms with Crippen LogP contribution in [0.2, 0.25) is 0 Å². The molecule has 0 saturated heterocycles. The lowest BCUT2D eigenvalue weighted by molar-refractivity contribution is -0.384. The van der Waals surface area contributed by atoms with E-state index in [1.807, 2.05) is 6.07 Å². The molecule has 0 saturated carbocycles. The van der Waals surface area contributed by atoms with Crippen molar-refractivity contribution in [3.63, 3.8) is 0 Å². The number of nitro benzene ring substituents is 1. The Morgan fingerprint density at radius 2 is 2.05 bits per heavy atom. The Hall–Kier alpha value is -2.28. The van der Waals surface area contributed by atoms with Gasteiger partial charge in [0.1, 0.15) is 0 Å². The summed E-state index contributed by atoms with van der Waals surface area (Å²) in [6, 6.07) is 8.36. The molecule has 0 heterocycles. The van der Waals surface area contributed by atoms with Crippen molar-refractivity contribution in [1.29, 1.82) is 0 Å². The molecule has 2 aromatic rings. The molecule has 0 aliphatic carbocycles. The second kappa shape index (κ2) is 6.01. The summed E-state index contributed by atoms with van der Waals surface area (Å²) in [5.41, 5.74) is 0.178. The Bertz CT molecular complexity index is 714. The van der Waals surface area contributed by atoms with Crippen LogP contribution in [0.1, 0.15) is 15.9 Å². The number of nitro groups is 1. The summed E-state index contributed by atoms with van der Waals surface area (Å²) in [5.74, 6) is -1.48. The van der Waals surface area contributed by atoms with E-state index >= 15 is 0 Å². The van der Waals surface area contributed by atoms with Gasteiger partial charge in [-0.1, -0.05) is 22.0 Å². The second-order valence-electron chi connectivity index (χ2n) is 4.36. The van der Waals surface area contributed by atoms with Crippen molar-refractivity contribution in [1.82, 2.24) is 0 Å². The largest absolute Gasteiger partial charge is 0.314 e. The third-order valence-electron chi connectivity index (χ3n) is 2.73. The SMILES string of the molecule is Cc1cc(Br)cc(C(=O)Nc2c(F)cccc2[N+](=O)[O-])c1. The van der Waals surface area contributed by atoms with Crippen molar-refractivity contribution in [2.24, 2.45) is 0 Å². The van der Waals surface area contributed by atoms with Gasteiger partial charge in [0.2, 0.25) is 0 Å². The molecule has 0 radical (unpaired) electrons. The van der Waals surface area contributed by atoms with Crippen LogP contribution in [0.25, 0.3) is 0 Å². The summed E-state index contributed by atoms with van der Waals surface area (Å²) in [6.07, 6.45) is 0. The lowest BCUT2D eigenvalue weighted by atomic mass is 10.1. The fourth-order valence-corrected chi connectivity index (χ4v) is 2.45. The molecule has 0 unspecified atom stereocenters. The van der Waals surface area contributed by atoms with Crippen molar-refractivity contribution in [3.8, 4) is 0 Å². The first kappa shape index (κ1) is 15.1. The summed E-state index contributed by atoms with van der Waals surface area (Å²) in [7, 11) is 0. The topological polar surface area (TPSA) is 72.2 Å². The van der Waals surface area contributed by atoms with Gasteiger partial charge in [0.05, 0.1) is 4.92 Å². The Kier molecular flexibility index (Phi) is 4.32. The minimum atomic E-state index is -0.857. The maximum Gasteiger partial charge on any atom is 0.295 e. The Labute approximate surface area is 128 Å². The molecular formula is C14H10BrFN2O3. The normalized spacial score (nSPS) is 10.2. The number of aryl methyl sites for hydroxylation is 1. The Morgan fingerprint density at radius 3 is 2.67 bits per heavy atom. The highest BCUT2D eigenvalue weighted by atomic mass is 79.9. The van der Waals surface area contributed by atoms with E-state index in [-0.39, 0.29) is 5.56 Å². The van der Waals surface area contributed by atoms with Gasteiger partial charge in [-0.25, -0.2) is 4.39 Å². The van der Waals surface area contributed by atoms with Crippen LogP contribution in [-0.2, 0) is 0 Å². The van der Waals surface area contributed by atoms with Crippen LogP contribution in [-0.4, -0.2) is 10.8 Å². The van der Waals surface area contributed by atoms with Crippen molar-refractivity contribution in [2.45, 2.75) is 6.92 Å². The predicted molar refractivity (Wildman–Crippen MR) is 79.9 cm³/mol. The first-order valence-corrected chi connectivity index (χ1v) is 6.69. The van der Waals surface area contributed by atoms with Crippen LogP contribution in [0, 0.1) is 22.9 Å². The third-order valence-corrected chi connectivity index (χ3v) is 3.19. The van der Waals surface area contributed by atoms with Crippen LogP contribution in [0.15, 0.2) is 40.9 Å². The monoisotopic (exact) mass is 352 g/mol. The fourth-order valence-electron chi connectivity index (χ4n) is 1.84. The van der Waals surface area contributed by atoms with Crippen molar-refractivity contribution >= 4 is 33.2 Å². The first-order chi connectivity index (χ1) is 9.88. The zero-order valence-electron chi connectivity index (χ0n) is 10.9. The van der Waals surface area contributed by atoms with Gasteiger partial charge in [0.25, 0.3) is 11.6 Å². The molecular weight excluding hydrogens is 343 g/mol. The smallest absolute Gasteiger partial charge is 0.295 e. The first-order valence-electron chi connectivity index (χ1n) is 5.90. The molecule has 0 spiro atoms. The molecule has 108 valence electrons. The van der Waals surface area contributed by atoms with Crippen molar-refractivity contribution in [3.05, 3.63) is 67.9 Å². The van der Waals surface area contributed by atoms with E-state index < -0.39 is 28.0 Å². The molecule has 0 atom stereocenters. The van der Waals surface area contributed by atoms with E-state index in [2.05, 4.69) is 21.2 Å². The lowest BCUT2D eigenvalue weighted by Gasteiger charge is -2.08. The minimum Gasteiger partial charge on any atom is -0.314 e. The van der Waals surface area contributed by atoms with Crippen LogP contribution in [0.3, 0.4) is 0 Å². The second-order valence-corrected chi connectivity index (χ2v) is 5.28. The number of carbonyl (C=O) groups excluding carboxylic acids is 1. The van der Waals surface area contributed by atoms with E-state index in [1.165, 1.54) is 6.07 Å². The number of nitrogens with one attached hydrogen (secondary N) is 1. The van der Waals surface area contributed by atoms with Gasteiger partial charge < -0.3 is 5.32 Å². The van der Waals surface area contributed by atoms with Crippen molar-refractivity contribution < 1.29 is 14.1 Å². The third kappa shape index (κ3) is 3.43. The zero-order valence-corrected chi connectivity index (χ0v) is 12.5. The number of hydrogen-bond acceptors (Lipinski definition) is 3. The average Bonchev–Trinajstić information content (AvgIpc) is 2.39. The van der Waals surface area contributed by atoms with Crippen molar-refractivity contribution in [2.75, 3.05) is 5.32 Å². The number of carbonyl (C=O) groups is 1. The molecule has 21 heavy (non-hydrogen) atoms. The number of para-hydroxylation sites is 1. The van der Waals surface area contributed by atoms with Gasteiger partial charge in [0.15, 0.2) is 11.5 Å². The van der Waals surface area contributed by atoms with Gasteiger partial charge in [-0.05, 0) is 36.8 Å². The van der Waals surface area contributed by atoms with Crippen LogP contribution < -0.4 is 5.32 Å². The van der Waals surface area contributed by atoms with E-state index in [0.717, 1.165) is 17.7 Å². The predicted octanol–water partition coefficient (Wildman–Crippen LogP) is 4.06. The molecule has 0 aromatic heterocycles. The van der Waals surface area contributed by atoms with E-state index in [4.69, 9.17) is 0 Å². The molecule has 1 amide bonds. The number of anilines is 1. The van der Waals surface area contributed by atoms with E-state index in [9.17, 15) is 19.3 Å². The molecule has 5 nitrogen and oxygen atoms in total. The molecule has 1 N–H and O–H groups in total. The number of amides is 1. The average molecular weight is 353 g/mol. The number of halogens is 2. The molecule has 0 fully saturated rings. The van der Waals surface area contributed by atoms with Gasteiger partial charge in [-0.15, -0.1) is 0 Å². The zero-order chi connectivity index (χ0) is 15.6. The highest BCUT2D eigenvalue weighted by molar-refractivity contribution is 9.10. The number of hydrogen-bond donors (Lipinski definition) is 1. The molecule has 0 bridgehead atoms. The summed E-state index contributed by atoms with van der Waals surface area (Å²) in [6.45, 7) is 1.80. The molecule has 0 aliphatic rings. The van der Waals surface area contributed by atoms with Gasteiger partial charge in [0, 0.05) is 16.1 Å². The van der Waals surface area contributed by atoms with Gasteiger partial charge in [-0.2, -0.15) is 0 Å². The number of nitrogens with zero attached hydrogens (tertiary/aromatic N) is 1. The van der Waals surface area contributed by atoms with Crippen LogP contribution in [0.5, 0.6) is 0 Å². The summed E-state index contributed by atoms with van der Waals surface area (Å²) in [5, 5.41) is 13.1. The van der Waals surface area contributed by atoms with Gasteiger partial charge in [-0.3, -0.25) is 14.9 Å². The summed E-state index contributed by atoms with van der Waals surface area (Å²) < 4.78 is 14.4. The quantitative estimate of drug-likeness (QED) is 0.668. The fraction of sp³-hybridized carbons (Fsp3) is 0.0714. The minimum absolute atomic E-state index is 0.277. The Morgan fingerprint density at radius 1 is 1.33 bits per heavy atom.